The normalized spacial score (nSPS) is 27.0. The number of carboxylic acid groups (broad SMARTS) is 1. The van der Waals surface area contributed by atoms with E-state index in [2.05, 4.69) is 22.5 Å². The highest BCUT2D eigenvalue weighted by atomic mass is 16.8. The number of carbonyl (C=O) groups is 8. The van der Waals surface area contributed by atoms with Crippen molar-refractivity contribution in [3.8, 4) is 11.5 Å². The predicted octanol–water partition coefficient (Wildman–Crippen LogP) is -0.791. The summed E-state index contributed by atoms with van der Waals surface area (Å²) in [6.07, 6.45) is -8.03. The van der Waals surface area contributed by atoms with E-state index in [9.17, 15) is 63.9 Å². The second-order valence-electron chi connectivity index (χ2n) is 17.5. The van der Waals surface area contributed by atoms with Crippen LogP contribution < -0.4 is 25.4 Å². The predicted molar refractivity (Wildman–Crippen MR) is 238 cm³/mol. The maximum Gasteiger partial charge on any atom is 0.414 e. The van der Waals surface area contributed by atoms with Crippen LogP contribution in [0.5, 0.6) is 11.5 Å². The Balaban J connectivity index is 1.08. The summed E-state index contributed by atoms with van der Waals surface area (Å²) in [6.45, 7) is 6.37. The van der Waals surface area contributed by atoms with E-state index in [4.69, 9.17) is 33.4 Å². The highest BCUT2D eigenvalue weighted by Crippen LogP contribution is 2.51. The largest absolute Gasteiger partial charge is 0.479 e. The third kappa shape index (κ3) is 9.50. The fraction of sp³-hybridized carbons (Fsp3) is 0.500. The molecule has 4 unspecified atom stereocenters. The molecule has 6 aliphatic heterocycles. The first kappa shape index (κ1) is 50.4. The second-order valence-corrected chi connectivity index (χ2v) is 17.5. The molecule has 71 heavy (non-hydrogen) atoms. The van der Waals surface area contributed by atoms with E-state index < -0.39 is 109 Å². The number of carbonyl (C=O) groups excluding carboxylic acids is 7. The topological polar surface area (TPSA) is 349 Å². The van der Waals surface area contributed by atoms with Crippen molar-refractivity contribution >= 4 is 69.9 Å². The Labute approximate surface area is 403 Å². The van der Waals surface area contributed by atoms with Crippen molar-refractivity contribution in [1.82, 2.24) is 25.4 Å². The van der Waals surface area contributed by atoms with Gasteiger partial charge in [0.2, 0.25) is 30.8 Å². The van der Waals surface area contributed by atoms with Crippen LogP contribution in [-0.2, 0) is 65.5 Å². The Morgan fingerprint density at radius 3 is 2.45 bits per heavy atom. The number of unbranched alkanes of at least 4 members (excludes halogenated alkanes) is 1. The van der Waals surface area contributed by atoms with Crippen LogP contribution in [0, 0.1) is 11.8 Å². The van der Waals surface area contributed by atoms with Crippen LogP contribution in [0.15, 0.2) is 36.9 Å². The summed E-state index contributed by atoms with van der Waals surface area (Å²) in [5.41, 5.74) is 0.381. The number of aliphatic carboxylic acids is 1. The number of aryl methyl sites for hydroxylation is 1. The van der Waals surface area contributed by atoms with Gasteiger partial charge in [0, 0.05) is 61.0 Å². The average Bonchev–Trinajstić information content (AvgIpc) is 4.06. The summed E-state index contributed by atoms with van der Waals surface area (Å²) in [6, 6.07) is 0.0545. The molecule has 380 valence electrons. The number of amides is 6. The molecule has 6 amide bonds. The number of imide groups is 1. The van der Waals surface area contributed by atoms with E-state index in [1.807, 2.05) is 6.92 Å². The number of esters is 1. The monoisotopic (exact) mass is 992 g/mol. The van der Waals surface area contributed by atoms with Gasteiger partial charge in [0.15, 0.2) is 29.5 Å². The molecule has 8 rings (SSSR count). The fourth-order valence-electron chi connectivity index (χ4n) is 9.35. The van der Waals surface area contributed by atoms with Crippen LogP contribution in [0.2, 0.25) is 0 Å². The molecule has 0 aliphatic carbocycles. The molecule has 7 heterocycles. The number of hydrogen-bond acceptors (Lipinski definition) is 19. The van der Waals surface area contributed by atoms with Crippen LogP contribution in [0.4, 0.5) is 10.5 Å². The lowest BCUT2D eigenvalue weighted by Crippen LogP contribution is -2.62. The van der Waals surface area contributed by atoms with Crippen LogP contribution in [0.25, 0.3) is 16.6 Å². The third-order valence-corrected chi connectivity index (χ3v) is 13.2. The van der Waals surface area contributed by atoms with Gasteiger partial charge in [-0.1, -0.05) is 32.4 Å². The van der Waals surface area contributed by atoms with E-state index in [0.717, 1.165) is 29.5 Å². The molecule has 1 aromatic carbocycles. The Morgan fingerprint density at radius 2 is 1.76 bits per heavy atom. The zero-order valence-corrected chi connectivity index (χ0v) is 38.4. The van der Waals surface area contributed by atoms with Crippen molar-refractivity contribution in [2.45, 2.75) is 108 Å². The smallest absolute Gasteiger partial charge is 0.414 e. The summed E-state index contributed by atoms with van der Waals surface area (Å²) in [4.78, 5) is 110. The molecule has 1 aromatic heterocycles. The number of rotatable bonds is 18. The first-order chi connectivity index (χ1) is 33.9. The lowest BCUT2D eigenvalue weighted by molar-refractivity contribution is -0.325. The molecule has 2 aromatic rings. The number of aliphatic hydroxyl groups is 4. The number of hydrogen-bond donors (Lipinski definition) is 8. The van der Waals surface area contributed by atoms with Crippen LogP contribution >= 0.6 is 0 Å². The third-order valence-electron chi connectivity index (χ3n) is 13.2. The van der Waals surface area contributed by atoms with E-state index in [-0.39, 0.29) is 74.5 Å². The van der Waals surface area contributed by atoms with Crippen molar-refractivity contribution in [3.05, 3.63) is 53.8 Å². The Morgan fingerprint density at radius 1 is 1.01 bits per heavy atom. The Bertz CT molecular complexity index is 2620. The fourth-order valence-corrected chi connectivity index (χ4v) is 9.35. The summed E-state index contributed by atoms with van der Waals surface area (Å²) in [7, 11) is 0. The summed E-state index contributed by atoms with van der Waals surface area (Å²) < 4.78 is 33.7. The number of nitrogens with zero attached hydrogens (tertiary/aromatic N) is 3. The number of anilines is 1. The Kier molecular flexibility index (Phi) is 14.4. The van der Waals surface area contributed by atoms with Crippen LogP contribution in [0.1, 0.15) is 62.8 Å². The summed E-state index contributed by atoms with van der Waals surface area (Å²) in [5.74, 6) is -7.03. The van der Waals surface area contributed by atoms with Crippen molar-refractivity contribution in [3.63, 3.8) is 0 Å². The Hall–Kier alpha value is -7.03. The number of pyridine rings is 1. The molecule has 6 aliphatic rings. The highest BCUT2D eigenvalue weighted by molar-refractivity contribution is 6.13. The maximum absolute atomic E-state index is 14.3. The van der Waals surface area contributed by atoms with Crippen molar-refractivity contribution in [1.29, 1.82) is 0 Å². The molecule has 25 heteroatoms. The highest BCUT2D eigenvalue weighted by Gasteiger charge is 2.57. The molecule has 10 atom stereocenters. The van der Waals surface area contributed by atoms with Gasteiger partial charge in [0.25, 0.3) is 11.8 Å². The van der Waals surface area contributed by atoms with Gasteiger partial charge < -0.3 is 69.5 Å². The number of carboxylic acids is 1. The van der Waals surface area contributed by atoms with Gasteiger partial charge in [-0.2, -0.15) is 0 Å². The maximum atomic E-state index is 14.3. The molecule has 2 saturated heterocycles. The summed E-state index contributed by atoms with van der Waals surface area (Å²) in [5, 5.41) is 61.0. The molecule has 0 bridgehead atoms. The lowest BCUT2D eigenvalue weighted by Gasteiger charge is -2.44. The molecule has 0 spiro atoms. The first-order valence-electron chi connectivity index (χ1n) is 22.9. The minimum absolute atomic E-state index is 0.00134. The van der Waals surface area contributed by atoms with Gasteiger partial charge >= 0.3 is 18.0 Å². The van der Waals surface area contributed by atoms with Gasteiger partial charge in [0.1, 0.15) is 36.6 Å². The quantitative estimate of drug-likeness (QED) is 0.0393. The molecular weight excluding hydrogens is 941 g/mol. The van der Waals surface area contributed by atoms with Gasteiger partial charge in [-0.05, 0) is 24.8 Å². The van der Waals surface area contributed by atoms with E-state index in [1.165, 1.54) is 4.90 Å². The number of nitrogens with one attached hydrogen (secondary N) is 3. The van der Waals surface area contributed by atoms with Gasteiger partial charge in [-0.15, -0.1) is 6.58 Å². The van der Waals surface area contributed by atoms with E-state index in [1.54, 1.807) is 19.1 Å². The molecule has 8 N–H and O–H groups in total. The lowest BCUT2D eigenvalue weighted by atomic mass is 9.72. The van der Waals surface area contributed by atoms with Crippen molar-refractivity contribution in [2.75, 3.05) is 31.8 Å². The van der Waals surface area contributed by atoms with Gasteiger partial charge in [-0.25, -0.2) is 19.4 Å². The van der Waals surface area contributed by atoms with E-state index >= 15 is 0 Å². The van der Waals surface area contributed by atoms with Crippen molar-refractivity contribution in [2.24, 2.45) is 11.8 Å². The minimum Gasteiger partial charge on any atom is -0.479 e. The number of ether oxygens (including phenoxy) is 6. The molecule has 25 nitrogen and oxygen atoms in total. The number of benzene rings is 1. The minimum atomic E-state index is -2.14. The zero-order valence-electron chi connectivity index (χ0n) is 38.4. The number of fused-ring (bicyclic) bond motifs is 6. The molecular formula is C46H52N6O19. The van der Waals surface area contributed by atoms with Gasteiger partial charge in [0.05, 0.1) is 29.4 Å². The van der Waals surface area contributed by atoms with E-state index in [0.29, 0.717) is 40.7 Å². The van der Waals surface area contributed by atoms with Crippen LogP contribution in [0.3, 0.4) is 0 Å². The average molecular weight is 993 g/mol. The number of aromatic nitrogens is 1. The summed E-state index contributed by atoms with van der Waals surface area (Å²) >= 11 is 0. The zero-order chi connectivity index (χ0) is 51.1. The molecule has 0 radical (unpaired) electrons. The molecule has 2 fully saturated rings. The second kappa shape index (κ2) is 20.4. The number of cyclic esters (lactones) is 1. The van der Waals surface area contributed by atoms with Gasteiger partial charge in [-0.3, -0.25) is 34.2 Å². The first-order valence-corrected chi connectivity index (χ1v) is 22.9. The molecule has 0 saturated carbocycles. The SMILES string of the molecule is C=CC(NC(=O)CCNC(=O)CCN1C(=O)C=CC1=O)C(OC(=O)Nc1c2c(cc3nc4c(c(CCCC)c13)CN1C(=O)C3COC(=O)[C@](O)(CC)C3C=C41)OCO2)O[C@@H]1O[C@H](C(=O)O)[C@@H](O)[C@H](O)[C@H]1O. The van der Waals surface area contributed by atoms with Crippen LogP contribution in [-0.4, -0.2) is 163 Å². The standard InChI is InChI=1S/C46H52N6O19/c1-4-7-8-20-21-17-52-26(15-23-22(40(52)60)18-66-44(63)46(23,65)6-3)33(21)49-25-16-27-38(68-19-67-27)34(32(20)25)50-45(64)71-42(70-43-37(59)35(57)36(58)39(69-43)41(61)62)24(5-2)48-29(54)11-13-47-28(53)12-14-51-30(55)9-10-31(51)56/h5,9-10,15-16,22-24,35-37,39,42-43,57-59,65H,2,4,6-8,11-14,17-19H2,1,3H3,(H,47,53)(H,48,54)(H,50,64)(H,61,62)/t22?,23?,24?,35-,36-,37+,39-,42?,43-,46-/m0/s1. The number of aliphatic hydroxyl groups excluding tert-OH is 3. The van der Waals surface area contributed by atoms with Crippen molar-refractivity contribution < 1.29 is 92.3 Å².